The van der Waals surface area contributed by atoms with E-state index in [1.165, 1.54) is 0 Å². The van der Waals surface area contributed by atoms with E-state index in [9.17, 15) is 31.1 Å². The molecule has 208 valence electrons. The van der Waals surface area contributed by atoms with Crippen LogP contribution in [0.5, 0.6) is 0 Å². The standard InChI is InChI=1S/C24H29ClF6IN3O2/c25-18-3-1-2-16(19(18)34-9-4-17(32)5-10-34)14-33-11-6-22(15-33)7-12-35(13-8-22)21(36)37-20(23(26,27)28)24(29,30)31/h1-3,17,20H,4-15H2. The Bertz CT molecular complexity index is 949. The summed E-state index contributed by atoms with van der Waals surface area (Å²) >= 11 is 9.09. The predicted octanol–water partition coefficient (Wildman–Crippen LogP) is 6.66. The molecule has 0 N–H and O–H groups in total. The Labute approximate surface area is 230 Å². The maximum atomic E-state index is 12.8. The number of likely N-dealkylation sites (tertiary alicyclic amines) is 2. The van der Waals surface area contributed by atoms with Crippen LogP contribution >= 0.6 is 34.2 Å². The van der Waals surface area contributed by atoms with Crippen LogP contribution < -0.4 is 4.90 Å². The number of carbonyl (C=O) groups is 1. The molecular weight excluding hydrogens is 639 g/mol. The number of hydrogen-bond donors (Lipinski definition) is 0. The Morgan fingerprint density at radius 1 is 1.03 bits per heavy atom. The van der Waals surface area contributed by atoms with Gasteiger partial charge in [0.1, 0.15) is 0 Å². The molecule has 3 saturated heterocycles. The van der Waals surface area contributed by atoms with Crippen LogP contribution in [-0.2, 0) is 11.3 Å². The summed E-state index contributed by atoms with van der Waals surface area (Å²) in [5.74, 6) is 0. The maximum absolute atomic E-state index is 12.8. The van der Waals surface area contributed by atoms with Gasteiger partial charge in [0.2, 0.25) is 0 Å². The number of carbonyl (C=O) groups excluding carboxylic acids is 1. The molecular formula is C24H29ClF6IN3O2. The Morgan fingerprint density at radius 2 is 1.62 bits per heavy atom. The number of hydrogen-bond acceptors (Lipinski definition) is 4. The van der Waals surface area contributed by atoms with E-state index in [1.54, 1.807) is 0 Å². The van der Waals surface area contributed by atoms with E-state index in [2.05, 4.69) is 43.2 Å². The molecule has 0 atom stereocenters. The normalized spacial score (nSPS) is 21.8. The van der Waals surface area contributed by atoms with E-state index in [0.717, 1.165) is 66.6 Å². The van der Waals surface area contributed by atoms with Gasteiger partial charge < -0.3 is 14.5 Å². The first-order valence-corrected chi connectivity index (χ1v) is 13.9. The van der Waals surface area contributed by atoms with Crippen molar-refractivity contribution in [3.63, 3.8) is 0 Å². The second-order valence-electron chi connectivity index (χ2n) is 10.2. The zero-order valence-electron chi connectivity index (χ0n) is 20.1. The van der Waals surface area contributed by atoms with Crippen molar-refractivity contribution < 1.29 is 35.9 Å². The second kappa shape index (κ2) is 11.1. The first-order chi connectivity index (χ1) is 17.3. The molecule has 37 heavy (non-hydrogen) atoms. The second-order valence-corrected chi connectivity index (χ2v) is 12.4. The van der Waals surface area contributed by atoms with Gasteiger partial charge in [0.15, 0.2) is 0 Å². The molecule has 0 aliphatic carbocycles. The molecule has 4 rings (SSSR count). The van der Waals surface area contributed by atoms with Crippen molar-refractivity contribution in [3.8, 4) is 0 Å². The number of benzene rings is 1. The van der Waals surface area contributed by atoms with E-state index in [0.29, 0.717) is 23.3 Å². The highest BCUT2D eigenvalue weighted by Crippen LogP contribution is 2.43. The van der Waals surface area contributed by atoms with Crippen LogP contribution in [0.15, 0.2) is 18.2 Å². The molecule has 3 aliphatic heterocycles. The molecule has 0 radical (unpaired) electrons. The molecule has 0 aromatic heterocycles. The van der Waals surface area contributed by atoms with Gasteiger partial charge >= 0.3 is 18.4 Å². The topological polar surface area (TPSA) is 36.0 Å². The summed E-state index contributed by atoms with van der Waals surface area (Å²) in [6.45, 7) is 4.27. The van der Waals surface area contributed by atoms with E-state index in [4.69, 9.17) is 11.6 Å². The van der Waals surface area contributed by atoms with Gasteiger partial charge in [-0.3, -0.25) is 4.90 Å². The quantitative estimate of drug-likeness (QED) is 0.205. The number of ether oxygens (including phenoxy) is 1. The van der Waals surface area contributed by atoms with Crippen LogP contribution in [0.3, 0.4) is 0 Å². The van der Waals surface area contributed by atoms with Crippen molar-refractivity contribution in [1.82, 2.24) is 9.80 Å². The third-order valence-electron chi connectivity index (χ3n) is 7.62. The molecule has 0 unspecified atom stereocenters. The predicted molar refractivity (Wildman–Crippen MR) is 136 cm³/mol. The summed E-state index contributed by atoms with van der Waals surface area (Å²) in [7, 11) is 0. The molecule has 3 aliphatic rings. The van der Waals surface area contributed by atoms with E-state index in [1.807, 2.05) is 12.1 Å². The number of rotatable bonds is 4. The van der Waals surface area contributed by atoms with Crippen molar-refractivity contribution in [2.45, 2.75) is 61.0 Å². The highest BCUT2D eigenvalue weighted by atomic mass is 127. The number of anilines is 1. The summed E-state index contributed by atoms with van der Waals surface area (Å²) in [6.07, 6.45) is -13.1. The summed E-state index contributed by atoms with van der Waals surface area (Å²) in [4.78, 5) is 17.7. The average molecular weight is 668 g/mol. The molecule has 5 nitrogen and oxygen atoms in total. The molecule has 1 amide bonds. The molecule has 1 aromatic rings. The highest BCUT2D eigenvalue weighted by Gasteiger charge is 2.60. The minimum Gasteiger partial charge on any atom is -0.426 e. The molecule has 3 heterocycles. The summed E-state index contributed by atoms with van der Waals surface area (Å²) < 4.78 is 81.1. The van der Waals surface area contributed by atoms with Crippen molar-refractivity contribution in [2.24, 2.45) is 5.41 Å². The monoisotopic (exact) mass is 667 g/mol. The lowest BCUT2D eigenvalue weighted by molar-refractivity contribution is -0.308. The van der Waals surface area contributed by atoms with Gasteiger partial charge in [0.05, 0.1) is 10.7 Å². The van der Waals surface area contributed by atoms with Gasteiger partial charge in [-0.1, -0.05) is 46.3 Å². The molecule has 1 spiro atoms. The van der Waals surface area contributed by atoms with Gasteiger partial charge in [-0.2, -0.15) is 26.3 Å². The number of amides is 1. The van der Waals surface area contributed by atoms with Gasteiger partial charge in [-0.05, 0) is 55.7 Å². The van der Waals surface area contributed by atoms with Crippen molar-refractivity contribution in [1.29, 1.82) is 0 Å². The van der Waals surface area contributed by atoms with Crippen molar-refractivity contribution in [2.75, 3.05) is 44.2 Å². The molecule has 1 aromatic carbocycles. The number of halogens is 8. The summed E-state index contributed by atoms with van der Waals surface area (Å²) in [5, 5.41) is 0.723. The minimum atomic E-state index is -5.72. The maximum Gasteiger partial charge on any atom is 0.434 e. The first-order valence-electron chi connectivity index (χ1n) is 12.3. The van der Waals surface area contributed by atoms with Crippen LogP contribution in [0.1, 0.15) is 37.7 Å². The molecule has 3 fully saturated rings. The Kier molecular flexibility index (Phi) is 8.69. The molecule has 0 saturated carbocycles. The lowest BCUT2D eigenvalue weighted by Gasteiger charge is -2.39. The van der Waals surface area contributed by atoms with Gasteiger partial charge in [0, 0.05) is 43.2 Å². The largest absolute Gasteiger partial charge is 0.434 e. The molecule has 13 heteroatoms. The Morgan fingerprint density at radius 3 is 2.22 bits per heavy atom. The SMILES string of the molecule is O=C(OC(C(F)(F)F)C(F)(F)F)N1CCC2(CCN(Cc3cccc(Cl)c3N3CCC(I)CC3)C2)CC1. The van der Waals surface area contributed by atoms with Gasteiger partial charge in [-0.15, -0.1) is 0 Å². The van der Waals surface area contributed by atoms with Gasteiger partial charge in [-0.25, -0.2) is 4.79 Å². The fraction of sp³-hybridized carbons (Fsp3) is 0.708. The van der Waals surface area contributed by atoms with Crippen molar-refractivity contribution in [3.05, 3.63) is 28.8 Å². The zero-order chi connectivity index (χ0) is 27.0. The number of piperidine rings is 2. The van der Waals surface area contributed by atoms with E-state index >= 15 is 0 Å². The lowest BCUT2D eigenvalue weighted by Crippen LogP contribution is -2.50. The van der Waals surface area contributed by atoms with E-state index < -0.39 is 24.5 Å². The summed E-state index contributed by atoms with van der Waals surface area (Å²) in [6, 6.07) is 5.93. The van der Waals surface area contributed by atoms with Crippen LogP contribution in [-0.4, -0.2) is 77.5 Å². The van der Waals surface area contributed by atoms with Gasteiger partial charge in [0.25, 0.3) is 6.10 Å². The number of para-hydroxylation sites is 1. The summed E-state index contributed by atoms with van der Waals surface area (Å²) in [5.41, 5.74) is 2.07. The zero-order valence-corrected chi connectivity index (χ0v) is 23.0. The number of alkyl halides is 7. The smallest absolute Gasteiger partial charge is 0.426 e. The van der Waals surface area contributed by atoms with Crippen LogP contribution in [0.2, 0.25) is 5.02 Å². The Balaban J connectivity index is 1.35. The van der Waals surface area contributed by atoms with Crippen LogP contribution in [0.25, 0.3) is 0 Å². The third-order valence-corrected chi connectivity index (χ3v) is 9.17. The first kappa shape index (κ1) is 28.8. The Hall–Kier alpha value is -1.15. The minimum absolute atomic E-state index is 0.0583. The van der Waals surface area contributed by atoms with E-state index in [-0.39, 0.29) is 18.5 Å². The highest BCUT2D eigenvalue weighted by molar-refractivity contribution is 14.1. The lowest BCUT2D eigenvalue weighted by atomic mass is 9.78. The van der Waals surface area contributed by atoms with Crippen molar-refractivity contribution >= 4 is 46.0 Å². The third kappa shape index (κ3) is 6.90. The van der Waals surface area contributed by atoms with Crippen LogP contribution in [0, 0.1) is 5.41 Å². The molecule has 0 bridgehead atoms. The average Bonchev–Trinajstić information content (AvgIpc) is 3.19. The van der Waals surface area contributed by atoms with Crippen LogP contribution in [0.4, 0.5) is 36.8 Å². The number of nitrogens with zero attached hydrogens (tertiary/aromatic N) is 3. The fourth-order valence-electron chi connectivity index (χ4n) is 5.58. The fourth-order valence-corrected chi connectivity index (χ4v) is 6.45.